The van der Waals surface area contributed by atoms with Gasteiger partial charge in [-0.15, -0.1) is 0 Å². The molecule has 2 aliphatic rings. The van der Waals surface area contributed by atoms with Gasteiger partial charge >= 0.3 is 6.09 Å². The fourth-order valence-corrected chi connectivity index (χ4v) is 6.89. The zero-order valence-corrected chi connectivity index (χ0v) is 31.0. The maximum Gasteiger partial charge on any atom is 0.407 e. The molecule has 2 aromatic heterocycles. The van der Waals surface area contributed by atoms with Gasteiger partial charge in [0.15, 0.2) is 5.82 Å². The Balaban J connectivity index is 1.21. The molecule has 280 valence electrons. The molecule has 2 aromatic carbocycles. The van der Waals surface area contributed by atoms with E-state index in [1.807, 2.05) is 45.0 Å². The number of primary amides is 1. The number of carbonyl (C=O) groups excluding carboxylic acids is 3. The standard InChI is InChI=1S/C38H46ClN9O5/c1-38(2,3)53-37(51)43-21-24-7-9-27(10-8-24)34(50)48(30-13-11-26(12-14-30)33-44-35(39)46-45-33)31(32(40)49)20-25-5-4-6-28(19-25)29-22-41-36(42-23-29)47-15-17-52-18-16-47/h4-6,11-14,19,22-24,27,31H,7-10,15-18,20-21H2,1-3H3,(H2,40,49)(H,43,51)(H,44,45,46)/t24?,27?,31-/m0/s1. The summed E-state index contributed by atoms with van der Waals surface area (Å²) < 4.78 is 10.8. The van der Waals surface area contributed by atoms with E-state index < -0.39 is 23.6 Å². The van der Waals surface area contributed by atoms with Crippen LogP contribution in [0.1, 0.15) is 52.0 Å². The van der Waals surface area contributed by atoms with E-state index in [1.165, 1.54) is 0 Å². The number of anilines is 2. The second-order valence-electron chi connectivity index (χ2n) is 14.5. The summed E-state index contributed by atoms with van der Waals surface area (Å²) >= 11 is 5.96. The first-order valence-corrected chi connectivity index (χ1v) is 18.3. The smallest absolute Gasteiger partial charge is 0.407 e. The minimum absolute atomic E-state index is 0.161. The third kappa shape index (κ3) is 9.87. The Hall–Kier alpha value is -5.08. The SMILES string of the molecule is CC(C)(C)OC(=O)NCC1CCC(C(=O)N(c2ccc(-c3n[nH]c(Cl)n3)cc2)[C@@H](Cc2cccc(-c3cnc(N4CCOCC4)nc3)c2)C(N)=O)CC1. The molecular weight excluding hydrogens is 698 g/mol. The zero-order valence-electron chi connectivity index (χ0n) is 30.3. The second kappa shape index (κ2) is 16.7. The van der Waals surface area contributed by atoms with Gasteiger partial charge in [-0.2, -0.15) is 10.1 Å². The number of benzene rings is 2. The molecule has 1 aliphatic heterocycles. The number of hydrogen-bond acceptors (Lipinski definition) is 10. The van der Waals surface area contributed by atoms with Crippen molar-refractivity contribution < 1.29 is 23.9 Å². The Bertz CT molecular complexity index is 1870. The van der Waals surface area contributed by atoms with Crippen LogP contribution in [0, 0.1) is 11.8 Å². The van der Waals surface area contributed by atoms with Gasteiger partial charge < -0.3 is 25.4 Å². The third-order valence-electron chi connectivity index (χ3n) is 9.49. The number of nitrogens with one attached hydrogen (secondary N) is 2. The van der Waals surface area contributed by atoms with Gasteiger partial charge in [0.25, 0.3) is 0 Å². The molecule has 15 heteroatoms. The lowest BCUT2D eigenvalue weighted by atomic mass is 9.81. The fraction of sp³-hybridized carbons (Fsp3) is 0.447. The van der Waals surface area contributed by atoms with Gasteiger partial charge in [0, 0.05) is 61.2 Å². The first-order chi connectivity index (χ1) is 25.4. The van der Waals surface area contributed by atoms with E-state index >= 15 is 0 Å². The number of aromatic amines is 1. The number of rotatable bonds is 11. The number of aromatic nitrogens is 5. The molecule has 1 atom stereocenters. The molecule has 3 amide bonds. The molecule has 14 nitrogen and oxygen atoms in total. The molecule has 1 aliphatic carbocycles. The topological polar surface area (TPSA) is 182 Å². The van der Waals surface area contributed by atoms with Crippen LogP contribution in [0.2, 0.25) is 5.28 Å². The minimum Gasteiger partial charge on any atom is -0.444 e. The van der Waals surface area contributed by atoms with Crippen molar-refractivity contribution >= 4 is 41.1 Å². The number of alkyl carbamates (subject to hydrolysis) is 1. The van der Waals surface area contributed by atoms with Crippen LogP contribution >= 0.6 is 11.6 Å². The lowest BCUT2D eigenvalue weighted by Crippen LogP contribution is -2.52. The highest BCUT2D eigenvalue weighted by Gasteiger charge is 2.36. The van der Waals surface area contributed by atoms with Gasteiger partial charge in [-0.1, -0.05) is 24.3 Å². The van der Waals surface area contributed by atoms with Crippen molar-refractivity contribution in [1.29, 1.82) is 0 Å². The number of halogens is 1. The monoisotopic (exact) mass is 743 g/mol. The van der Waals surface area contributed by atoms with E-state index in [0.29, 0.717) is 55.6 Å². The lowest BCUT2D eigenvalue weighted by molar-refractivity contribution is -0.127. The molecule has 1 saturated carbocycles. The highest BCUT2D eigenvalue weighted by Crippen LogP contribution is 2.34. The summed E-state index contributed by atoms with van der Waals surface area (Å²) in [5.41, 5.74) is 9.29. The van der Waals surface area contributed by atoms with Crippen molar-refractivity contribution in [2.45, 2.75) is 64.5 Å². The molecular formula is C38H46ClN9O5. The van der Waals surface area contributed by atoms with E-state index in [1.54, 1.807) is 41.6 Å². The predicted octanol–water partition coefficient (Wildman–Crippen LogP) is 5.18. The summed E-state index contributed by atoms with van der Waals surface area (Å²) in [6.07, 6.45) is 6.00. The van der Waals surface area contributed by atoms with Crippen molar-refractivity contribution in [2.75, 3.05) is 42.6 Å². The molecule has 0 bridgehead atoms. The Morgan fingerprint density at radius 3 is 2.34 bits per heavy atom. The van der Waals surface area contributed by atoms with E-state index in [2.05, 4.69) is 35.4 Å². The maximum absolute atomic E-state index is 14.5. The lowest BCUT2D eigenvalue weighted by Gasteiger charge is -2.36. The van der Waals surface area contributed by atoms with Crippen molar-refractivity contribution in [1.82, 2.24) is 30.5 Å². The van der Waals surface area contributed by atoms with Gasteiger partial charge in [0.05, 0.1) is 13.2 Å². The quantitative estimate of drug-likeness (QED) is 0.185. The number of carbonyl (C=O) groups is 3. The molecule has 4 N–H and O–H groups in total. The number of morpholine rings is 1. The average Bonchev–Trinajstić information content (AvgIpc) is 3.60. The van der Waals surface area contributed by atoms with Crippen LogP contribution in [0.15, 0.2) is 60.9 Å². The van der Waals surface area contributed by atoms with Crippen LogP contribution in [-0.2, 0) is 25.5 Å². The van der Waals surface area contributed by atoms with Crippen LogP contribution in [-0.4, -0.2) is 87.5 Å². The van der Waals surface area contributed by atoms with E-state index in [4.69, 9.17) is 26.8 Å². The summed E-state index contributed by atoms with van der Waals surface area (Å²) in [4.78, 5) is 57.1. The summed E-state index contributed by atoms with van der Waals surface area (Å²) in [6.45, 7) is 8.69. The number of H-pyrrole nitrogens is 1. The first kappa shape index (κ1) is 37.7. The first-order valence-electron chi connectivity index (χ1n) is 17.9. The molecule has 0 unspecified atom stereocenters. The molecule has 53 heavy (non-hydrogen) atoms. The van der Waals surface area contributed by atoms with Crippen LogP contribution in [0.4, 0.5) is 16.4 Å². The van der Waals surface area contributed by atoms with Gasteiger partial charge in [0.2, 0.25) is 23.0 Å². The summed E-state index contributed by atoms with van der Waals surface area (Å²) in [5, 5.41) is 9.77. The van der Waals surface area contributed by atoms with E-state index in [-0.39, 0.29) is 29.4 Å². The molecule has 0 spiro atoms. The van der Waals surface area contributed by atoms with Crippen molar-refractivity contribution in [3.8, 4) is 22.5 Å². The van der Waals surface area contributed by atoms with Crippen molar-refractivity contribution in [3.63, 3.8) is 0 Å². The van der Waals surface area contributed by atoms with Crippen LogP contribution in [0.3, 0.4) is 0 Å². The number of hydrogen-bond donors (Lipinski definition) is 3. The molecule has 1 saturated heterocycles. The Morgan fingerprint density at radius 1 is 1.02 bits per heavy atom. The van der Waals surface area contributed by atoms with Crippen LogP contribution in [0.25, 0.3) is 22.5 Å². The Morgan fingerprint density at radius 2 is 1.72 bits per heavy atom. The molecule has 2 fully saturated rings. The number of nitrogens with two attached hydrogens (primary N) is 1. The van der Waals surface area contributed by atoms with Crippen LogP contribution < -0.4 is 20.9 Å². The molecule has 6 rings (SSSR count). The summed E-state index contributed by atoms with van der Waals surface area (Å²) in [7, 11) is 0. The van der Waals surface area contributed by atoms with Gasteiger partial charge in [-0.3, -0.25) is 14.5 Å². The van der Waals surface area contributed by atoms with E-state index in [0.717, 1.165) is 42.6 Å². The summed E-state index contributed by atoms with van der Waals surface area (Å²) in [6, 6.07) is 13.9. The van der Waals surface area contributed by atoms with Gasteiger partial charge in [-0.25, -0.2) is 19.9 Å². The number of ether oxygens (including phenoxy) is 2. The normalized spacial score (nSPS) is 18.2. The maximum atomic E-state index is 14.5. The molecule has 0 radical (unpaired) electrons. The second-order valence-corrected chi connectivity index (χ2v) is 14.9. The van der Waals surface area contributed by atoms with E-state index in [9.17, 15) is 14.4 Å². The zero-order chi connectivity index (χ0) is 37.5. The van der Waals surface area contributed by atoms with Crippen LogP contribution in [0.5, 0.6) is 0 Å². The van der Waals surface area contributed by atoms with Gasteiger partial charge in [0.1, 0.15) is 11.6 Å². The molecule has 3 heterocycles. The predicted molar refractivity (Wildman–Crippen MR) is 201 cm³/mol. The average molecular weight is 744 g/mol. The van der Waals surface area contributed by atoms with Crippen molar-refractivity contribution in [2.24, 2.45) is 17.6 Å². The largest absolute Gasteiger partial charge is 0.444 e. The fourth-order valence-electron chi connectivity index (χ4n) is 6.77. The Kier molecular flexibility index (Phi) is 11.9. The summed E-state index contributed by atoms with van der Waals surface area (Å²) in [5.74, 6) is 0.125. The third-order valence-corrected chi connectivity index (χ3v) is 9.66. The number of nitrogens with zero attached hydrogens (tertiary/aromatic N) is 6. The van der Waals surface area contributed by atoms with Gasteiger partial charge in [-0.05, 0) is 99.4 Å². The number of amides is 3. The Labute approximate surface area is 313 Å². The minimum atomic E-state index is -0.979. The highest BCUT2D eigenvalue weighted by atomic mass is 35.5. The highest BCUT2D eigenvalue weighted by molar-refractivity contribution is 6.28. The van der Waals surface area contributed by atoms with Crippen molar-refractivity contribution in [3.05, 3.63) is 71.8 Å². The molecule has 4 aromatic rings.